The fraction of sp³-hybridized carbons (Fsp3) is 0.452. The molecule has 1 saturated carbocycles. The standard InChI is InChI=1S/C31H39FN2O3SSi/c1-29(2,3)39(5,6)37-22-31-19-23-20-33-34(26-14-12-25(32)13-15-26)28(23)18-24(31)16-17-30(4,21-31)38(35,36)27-10-8-7-9-11-27/h7-15,18,20H,16-17,19,21-22H2,1-6H3/t30-,31-/m1/s1. The van der Waals surface area contributed by atoms with Crippen LogP contribution in [-0.2, 0) is 20.7 Å². The van der Waals surface area contributed by atoms with Crippen LogP contribution in [0.25, 0.3) is 11.8 Å². The Morgan fingerprint density at radius 3 is 2.38 bits per heavy atom. The van der Waals surface area contributed by atoms with Gasteiger partial charge in [-0.2, -0.15) is 5.10 Å². The Bertz CT molecular complexity index is 1510. The Morgan fingerprint density at radius 1 is 1.08 bits per heavy atom. The van der Waals surface area contributed by atoms with Crippen molar-refractivity contribution >= 4 is 24.2 Å². The van der Waals surface area contributed by atoms with Crippen molar-refractivity contribution in [2.75, 3.05) is 6.61 Å². The van der Waals surface area contributed by atoms with Crippen molar-refractivity contribution in [3.63, 3.8) is 0 Å². The van der Waals surface area contributed by atoms with Crippen molar-refractivity contribution in [2.45, 2.75) is 81.2 Å². The second kappa shape index (κ2) is 9.53. The van der Waals surface area contributed by atoms with Gasteiger partial charge in [-0.05, 0) is 98.8 Å². The molecule has 0 aliphatic heterocycles. The van der Waals surface area contributed by atoms with Crippen LogP contribution >= 0.6 is 0 Å². The molecule has 2 aliphatic rings. The highest BCUT2D eigenvalue weighted by Crippen LogP contribution is 2.55. The van der Waals surface area contributed by atoms with Crippen molar-refractivity contribution in [3.05, 3.63) is 83.4 Å². The largest absolute Gasteiger partial charge is 0.416 e. The molecule has 1 fully saturated rings. The summed E-state index contributed by atoms with van der Waals surface area (Å²) in [5, 5.41) is 4.70. The lowest BCUT2D eigenvalue weighted by Gasteiger charge is -2.50. The van der Waals surface area contributed by atoms with Gasteiger partial charge in [0.25, 0.3) is 0 Å². The molecule has 8 heteroatoms. The van der Waals surface area contributed by atoms with Crippen LogP contribution < -0.4 is 0 Å². The Labute approximate surface area is 233 Å². The summed E-state index contributed by atoms with van der Waals surface area (Å²) in [6, 6.07) is 15.2. The van der Waals surface area contributed by atoms with Crippen LogP contribution in [0.5, 0.6) is 0 Å². The van der Waals surface area contributed by atoms with Gasteiger partial charge in [-0.1, -0.05) is 44.5 Å². The van der Waals surface area contributed by atoms with E-state index < -0.39 is 28.3 Å². The molecule has 2 aliphatic carbocycles. The molecule has 1 aromatic heterocycles. The average Bonchev–Trinajstić information content (AvgIpc) is 3.28. The first-order valence-electron chi connectivity index (χ1n) is 13.7. The normalized spacial score (nSPS) is 23.6. The van der Waals surface area contributed by atoms with E-state index in [-0.39, 0.29) is 10.9 Å². The van der Waals surface area contributed by atoms with Gasteiger partial charge in [0, 0.05) is 12.0 Å². The lowest BCUT2D eigenvalue weighted by Crippen LogP contribution is -2.52. The van der Waals surface area contributed by atoms with Gasteiger partial charge in [0.1, 0.15) is 5.82 Å². The quantitative estimate of drug-likeness (QED) is 0.292. The fourth-order valence-corrected chi connectivity index (χ4v) is 8.82. The number of rotatable bonds is 6. The highest BCUT2D eigenvalue weighted by molar-refractivity contribution is 7.92. The fourth-order valence-electron chi connectivity index (χ4n) is 5.83. The molecule has 3 aromatic rings. The van der Waals surface area contributed by atoms with Crippen molar-refractivity contribution in [3.8, 4) is 5.69 Å². The zero-order chi connectivity index (χ0) is 28.3. The molecule has 0 saturated heterocycles. The second-order valence-corrected chi connectivity index (χ2v) is 20.3. The number of sulfone groups is 1. The van der Waals surface area contributed by atoms with E-state index in [1.54, 1.807) is 36.4 Å². The maximum atomic E-state index is 14.0. The Morgan fingerprint density at radius 2 is 1.74 bits per heavy atom. The van der Waals surface area contributed by atoms with Crippen LogP contribution in [0, 0.1) is 11.2 Å². The molecule has 5 nitrogen and oxygen atoms in total. The summed E-state index contributed by atoms with van der Waals surface area (Å²) in [5.41, 5.74) is 3.61. The monoisotopic (exact) mass is 566 g/mol. The minimum Gasteiger partial charge on any atom is -0.416 e. The molecule has 39 heavy (non-hydrogen) atoms. The Kier molecular flexibility index (Phi) is 6.84. The summed E-state index contributed by atoms with van der Waals surface area (Å²) >= 11 is 0. The highest BCUT2D eigenvalue weighted by atomic mass is 32.2. The third-order valence-corrected chi connectivity index (χ3v) is 16.3. The lowest BCUT2D eigenvalue weighted by molar-refractivity contribution is 0.120. The zero-order valence-corrected chi connectivity index (χ0v) is 25.6. The van der Waals surface area contributed by atoms with E-state index >= 15 is 0 Å². The zero-order valence-electron chi connectivity index (χ0n) is 23.8. The van der Waals surface area contributed by atoms with Crippen LogP contribution in [-0.4, -0.2) is 37.9 Å². The molecule has 208 valence electrons. The number of hydrogen-bond acceptors (Lipinski definition) is 4. The van der Waals surface area contributed by atoms with Gasteiger partial charge in [0.15, 0.2) is 18.2 Å². The molecule has 0 N–H and O–H groups in total. The van der Waals surface area contributed by atoms with E-state index in [1.807, 2.05) is 23.9 Å². The van der Waals surface area contributed by atoms with Crippen molar-refractivity contribution in [1.29, 1.82) is 0 Å². The second-order valence-electron chi connectivity index (χ2n) is 13.1. The number of hydrogen-bond donors (Lipinski definition) is 0. The number of nitrogens with zero attached hydrogens (tertiary/aromatic N) is 2. The van der Waals surface area contributed by atoms with Gasteiger partial charge < -0.3 is 4.43 Å². The molecule has 0 radical (unpaired) electrons. The molecule has 2 aromatic carbocycles. The SMILES string of the molecule is CC(C)(C)[Si](C)(C)OC[C@]12Cc3cnn(-c4ccc(F)cc4)c3C=C1CC[C@@](C)(S(=O)(=O)c1ccccc1)C2. The Hall–Kier alpha value is -2.55. The predicted octanol–water partition coefficient (Wildman–Crippen LogP) is 7.38. The van der Waals surface area contributed by atoms with Crippen molar-refractivity contribution in [1.82, 2.24) is 9.78 Å². The molecule has 0 spiro atoms. The first-order valence-corrected chi connectivity index (χ1v) is 18.0. The molecule has 0 bridgehead atoms. The molecule has 0 amide bonds. The van der Waals surface area contributed by atoms with Gasteiger partial charge in [0.05, 0.1) is 27.2 Å². The summed E-state index contributed by atoms with van der Waals surface area (Å²) in [6.07, 6.45) is 6.41. The van der Waals surface area contributed by atoms with Gasteiger partial charge >= 0.3 is 0 Å². The molecule has 0 unspecified atom stereocenters. The summed E-state index contributed by atoms with van der Waals surface area (Å²) in [6.45, 7) is 13.6. The van der Waals surface area contributed by atoms with E-state index in [1.165, 1.54) is 17.7 Å². The molecular weight excluding hydrogens is 528 g/mol. The van der Waals surface area contributed by atoms with Crippen LogP contribution in [0.3, 0.4) is 0 Å². The molecule has 1 heterocycles. The number of benzene rings is 2. The van der Waals surface area contributed by atoms with Crippen LogP contribution in [0.2, 0.25) is 18.1 Å². The molecular formula is C31H39FN2O3SSi. The molecule has 2 atom stereocenters. The van der Waals surface area contributed by atoms with Gasteiger partial charge in [0.2, 0.25) is 0 Å². The number of fused-ring (bicyclic) bond motifs is 2. The van der Waals surface area contributed by atoms with Crippen LogP contribution in [0.4, 0.5) is 4.39 Å². The third-order valence-electron chi connectivity index (χ3n) is 9.33. The number of aromatic nitrogens is 2. The summed E-state index contributed by atoms with van der Waals surface area (Å²) in [5.74, 6) is -0.286. The highest BCUT2D eigenvalue weighted by Gasteiger charge is 2.54. The Balaban J connectivity index is 1.58. The number of halogens is 1. The maximum Gasteiger partial charge on any atom is 0.192 e. The van der Waals surface area contributed by atoms with E-state index in [2.05, 4.69) is 45.0 Å². The van der Waals surface area contributed by atoms with Crippen LogP contribution in [0.15, 0.2) is 71.3 Å². The predicted molar refractivity (Wildman–Crippen MR) is 157 cm³/mol. The minimum atomic E-state index is -3.58. The maximum absolute atomic E-state index is 14.0. The minimum absolute atomic E-state index is 0.0366. The summed E-state index contributed by atoms with van der Waals surface area (Å²) in [4.78, 5) is 0.376. The first-order chi connectivity index (χ1) is 18.2. The van der Waals surface area contributed by atoms with Gasteiger partial charge in [-0.15, -0.1) is 0 Å². The average molecular weight is 567 g/mol. The van der Waals surface area contributed by atoms with E-state index in [4.69, 9.17) is 4.43 Å². The van der Waals surface area contributed by atoms with Gasteiger partial charge in [-0.25, -0.2) is 17.5 Å². The molecule has 5 rings (SSSR count). The summed E-state index contributed by atoms with van der Waals surface area (Å²) < 4.78 is 49.5. The first kappa shape index (κ1) is 28.0. The van der Waals surface area contributed by atoms with E-state index in [9.17, 15) is 12.8 Å². The van der Waals surface area contributed by atoms with E-state index in [0.717, 1.165) is 16.9 Å². The topological polar surface area (TPSA) is 61.2 Å². The van der Waals surface area contributed by atoms with Gasteiger partial charge in [-0.3, -0.25) is 0 Å². The third kappa shape index (κ3) is 4.85. The van der Waals surface area contributed by atoms with Crippen molar-refractivity contribution < 1.29 is 17.2 Å². The smallest absolute Gasteiger partial charge is 0.192 e. The van der Waals surface area contributed by atoms with E-state index in [0.29, 0.717) is 37.2 Å². The summed E-state index contributed by atoms with van der Waals surface area (Å²) in [7, 11) is -5.68. The van der Waals surface area contributed by atoms with Crippen molar-refractivity contribution in [2.24, 2.45) is 5.41 Å². The lowest BCUT2D eigenvalue weighted by atomic mass is 9.62. The van der Waals surface area contributed by atoms with Crippen LogP contribution in [0.1, 0.15) is 58.2 Å².